The van der Waals surface area contributed by atoms with Gasteiger partial charge in [0.2, 0.25) is 0 Å². The maximum atomic E-state index is 12.8. The summed E-state index contributed by atoms with van der Waals surface area (Å²) in [4.78, 5) is 25.3. The zero-order valence-electron chi connectivity index (χ0n) is 16.7. The van der Waals surface area contributed by atoms with Crippen molar-refractivity contribution < 1.29 is 9.53 Å². The van der Waals surface area contributed by atoms with Crippen molar-refractivity contribution in [2.24, 2.45) is 5.92 Å². The summed E-state index contributed by atoms with van der Waals surface area (Å²) in [7, 11) is 1.62. The SMILES string of the molecule is COc1cccc(C(=O)CSc2nc(C3CC3)nc3sc4c(c23)CC[C@@H](C)C4)c1. The van der Waals surface area contributed by atoms with Crippen LogP contribution >= 0.6 is 23.1 Å². The molecule has 0 spiro atoms. The highest BCUT2D eigenvalue weighted by molar-refractivity contribution is 8.00. The van der Waals surface area contributed by atoms with E-state index in [1.807, 2.05) is 35.6 Å². The molecule has 0 unspecified atom stereocenters. The Morgan fingerprint density at radius 1 is 1.28 bits per heavy atom. The minimum absolute atomic E-state index is 0.103. The second-order valence-corrected chi connectivity index (χ2v) is 10.2. The number of thiophene rings is 1. The number of ether oxygens (including phenoxy) is 1. The molecule has 0 N–H and O–H groups in total. The van der Waals surface area contributed by atoms with E-state index in [1.165, 1.54) is 35.1 Å². The number of rotatable bonds is 6. The van der Waals surface area contributed by atoms with E-state index < -0.39 is 0 Å². The lowest BCUT2D eigenvalue weighted by molar-refractivity contribution is 0.102. The van der Waals surface area contributed by atoms with Gasteiger partial charge in [-0.1, -0.05) is 30.8 Å². The number of carbonyl (C=O) groups is 1. The van der Waals surface area contributed by atoms with Gasteiger partial charge in [0.15, 0.2) is 5.78 Å². The first-order valence-corrected chi connectivity index (χ1v) is 12.0. The molecule has 1 saturated carbocycles. The van der Waals surface area contributed by atoms with E-state index in [-0.39, 0.29) is 5.78 Å². The van der Waals surface area contributed by atoms with Crippen LogP contribution in [0.15, 0.2) is 29.3 Å². The summed E-state index contributed by atoms with van der Waals surface area (Å²) < 4.78 is 5.26. The summed E-state index contributed by atoms with van der Waals surface area (Å²) in [5.41, 5.74) is 2.12. The van der Waals surface area contributed by atoms with E-state index in [0.717, 1.165) is 34.4 Å². The maximum absolute atomic E-state index is 12.8. The van der Waals surface area contributed by atoms with Crippen molar-refractivity contribution in [1.29, 1.82) is 0 Å². The Kier molecular flexibility index (Phi) is 5.08. The van der Waals surface area contributed by atoms with Crippen molar-refractivity contribution >= 4 is 39.1 Å². The highest BCUT2D eigenvalue weighted by Gasteiger charge is 2.30. The predicted molar refractivity (Wildman–Crippen MR) is 119 cm³/mol. The first-order valence-electron chi connectivity index (χ1n) is 10.2. The minimum atomic E-state index is 0.103. The second-order valence-electron chi connectivity index (χ2n) is 8.14. The molecule has 1 atom stereocenters. The van der Waals surface area contributed by atoms with Crippen LogP contribution in [0.25, 0.3) is 10.2 Å². The maximum Gasteiger partial charge on any atom is 0.173 e. The van der Waals surface area contributed by atoms with Gasteiger partial charge in [-0.05, 0) is 55.7 Å². The van der Waals surface area contributed by atoms with E-state index in [2.05, 4.69) is 6.92 Å². The molecule has 0 amide bonds. The zero-order valence-corrected chi connectivity index (χ0v) is 18.4. The largest absolute Gasteiger partial charge is 0.497 e. The Hall–Kier alpha value is -1.92. The van der Waals surface area contributed by atoms with E-state index in [0.29, 0.717) is 23.0 Å². The number of methoxy groups -OCH3 is 1. The summed E-state index contributed by atoms with van der Waals surface area (Å²) >= 11 is 3.42. The summed E-state index contributed by atoms with van der Waals surface area (Å²) in [5, 5.41) is 2.21. The fraction of sp³-hybridized carbons (Fsp3) is 0.435. The molecule has 29 heavy (non-hydrogen) atoms. The van der Waals surface area contributed by atoms with Crippen molar-refractivity contribution in [3.05, 3.63) is 46.1 Å². The first-order chi connectivity index (χ1) is 14.1. The van der Waals surface area contributed by atoms with Crippen LogP contribution in [0.2, 0.25) is 0 Å². The van der Waals surface area contributed by atoms with Gasteiger partial charge in [0.05, 0.1) is 12.9 Å². The van der Waals surface area contributed by atoms with Gasteiger partial charge in [0.1, 0.15) is 21.4 Å². The summed E-state index contributed by atoms with van der Waals surface area (Å²) in [6.45, 7) is 2.33. The topological polar surface area (TPSA) is 52.1 Å². The average molecular weight is 425 g/mol. The molecule has 0 radical (unpaired) electrons. The van der Waals surface area contributed by atoms with Crippen LogP contribution in [0.5, 0.6) is 5.75 Å². The monoisotopic (exact) mass is 424 g/mol. The third kappa shape index (κ3) is 3.80. The molecule has 1 aromatic carbocycles. The average Bonchev–Trinajstić information content (AvgIpc) is 3.52. The lowest BCUT2D eigenvalue weighted by Gasteiger charge is -2.18. The molecule has 0 aliphatic heterocycles. The number of Topliss-reactive ketones (excluding diaryl/α,β-unsaturated/α-hetero) is 1. The lowest BCUT2D eigenvalue weighted by Crippen LogP contribution is -2.09. The number of carbonyl (C=O) groups excluding carboxylic acids is 1. The molecule has 0 bridgehead atoms. The molecular weight excluding hydrogens is 400 g/mol. The van der Waals surface area contributed by atoms with E-state index in [4.69, 9.17) is 14.7 Å². The van der Waals surface area contributed by atoms with Crippen LogP contribution in [-0.4, -0.2) is 28.6 Å². The molecule has 5 rings (SSSR count). The van der Waals surface area contributed by atoms with Crippen molar-refractivity contribution in [2.45, 2.75) is 50.0 Å². The summed E-state index contributed by atoms with van der Waals surface area (Å²) in [5.74, 6) is 3.40. The molecule has 2 aromatic heterocycles. The van der Waals surface area contributed by atoms with Gasteiger partial charge in [0.25, 0.3) is 0 Å². The number of benzene rings is 1. The van der Waals surface area contributed by atoms with Crippen molar-refractivity contribution in [3.8, 4) is 5.75 Å². The molecule has 2 heterocycles. The summed E-state index contributed by atoms with van der Waals surface area (Å²) in [6.07, 6.45) is 5.82. The molecular formula is C23H24N2O2S2. The van der Waals surface area contributed by atoms with Crippen LogP contribution in [0.4, 0.5) is 0 Å². The van der Waals surface area contributed by atoms with Gasteiger partial charge in [0, 0.05) is 21.7 Å². The fourth-order valence-electron chi connectivity index (χ4n) is 3.97. The summed E-state index contributed by atoms with van der Waals surface area (Å²) in [6, 6.07) is 7.38. The number of hydrogen-bond acceptors (Lipinski definition) is 6. The number of thioether (sulfide) groups is 1. The van der Waals surface area contributed by atoms with Crippen LogP contribution in [0.1, 0.15) is 58.7 Å². The lowest BCUT2D eigenvalue weighted by atomic mass is 9.89. The van der Waals surface area contributed by atoms with Crippen molar-refractivity contribution in [1.82, 2.24) is 9.97 Å². The molecule has 2 aliphatic carbocycles. The normalized spacial score (nSPS) is 18.6. The van der Waals surface area contributed by atoms with Gasteiger partial charge < -0.3 is 4.74 Å². The highest BCUT2D eigenvalue weighted by Crippen LogP contribution is 2.44. The molecule has 0 saturated heterocycles. The number of aromatic nitrogens is 2. The van der Waals surface area contributed by atoms with Gasteiger partial charge in [-0.25, -0.2) is 9.97 Å². The number of fused-ring (bicyclic) bond motifs is 3. The molecule has 6 heteroatoms. The quantitative estimate of drug-likeness (QED) is 0.290. The van der Waals surface area contributed by atoms with Crippen LogP contribution in [0, 0.1) is 5.92 Å². The Bertz CT molecular complexity index is 1090. The van der Waals surface area contributed by atoms with E-state index in [1.54, 1.807) is 18.9 Å². The number of aryl methyl sites for hydroxylation is 1. The molecule has 4 nitrogen and oxygen atoms in total. The fourth-order valence-corrected chi connectivity index (χ4v) is 6.38. The van der Waals surface area contributed by atoms with Gasteiger partial charge >= 0.3 is 0 Å². The van der Waals surface area contributed by atoms with Crippen LogP contribution in [-0.2, 0) is 12.8 Å². The predicted octanol–water partition coefficient (Wildman–Crippen LogP) is 5.68. The Morgan fingerprint density at radius 2 is 2.14 bits per heavy atom. The third-order valence-electron chi connectivity index (χ3n) is 5.81. The smallest absolute Gasteiger partial charge is 0.173 e. The zero-order chi connectivity index (χ0) is 20.0. The number of ketones is 1. The third-order valence-corrected chi connectivity index (χ3v) is 7.94. The van der Waals surface area contributed by atoms with Crippen LogP contribution in [0.3, 0.4) is 0 Å². The molecule has 2 aliphatic rings. The van der Waals surface area contributed by atoms with Gasteiger partial charge in [-0.3, -0.25) is 4.79 Å². The number of nitrogens with zero attached hydrogens (tertiary/aromatic N) is 2. The molecule has 150 valence electrons. The van der Waals surface area contributed by atoms with Gasteiger partial charge in [-0.15, -0.1) is 11.3 Å². The Balaban J connectivity index is 1.47. The highest BCUT2D eigenvalue weighted by atomic mass is 32.2. The standard InChI is InChI=1S/C23H24N2O2S2/c1-13-6-9-17-19(10-13)29-23-20(17)22(24-21(25-23)14-7-8-14)28-12-18(26)15-4-3-5-16(11-15)27-2/h3-5,11,13-14H,6-10,12H2,1-2H3/t13-/m1/s1. The number of hydrogen-bond donors (Lipinski definition) is 0. The Morgan fingerprint density at radius 3 is 2.93 bits per heavy atom. The van der Waals surface area contributed by atoms with Crippen molar-refractivity contribution in [2.75, 3.05) is 12.9 Å². The molecule has 1 fully saturated rings. The van der Waals surface area contributed by atoms with Gasteiger partial charge in [-0.2, -0.15) is 0 Å². The van der Waals surface area contributed by atoms with Crippen LogP contribution < -0.4 is 4.74 Å². The molecule has 3 aromatic rings. The van der Waals surface area contributed by atoms with Crippen molar-refractivity contribution in [3.63, 3.8) is 0 Å². The first kappa shape index (κ1) is 19.1. The van der Waals surface area contributed by atoms with E-state index in [9.17, 15) is 4.79 Å². The Labute approximate surface area is 179 Å². The van der Waals surface area contributed by atoms with E-state index >= 15 is 0 Å². The second kappa shape index (κ2) is 7.73. The minimum Gasteiger partial charge on any atom is -0.497 e.